The fourth-order valence-corrected chi connectivity index (χ4v) is 3.23. The fourth-order valence-electron chi connectivity index (χ4n) is 1.60. The van der Waals surface area contributed by atoms with Crippen LogP contribution in [0.15, 0.2) is 62.8 Å². The summed E-state index contributed by atoms with van der Waals surface area (Å²) in [5, 5.41) is 3.72. The first-order valence-corrected chi connectivity index (χ1v) is 8.65. The SMILES string of the molecule is C=C/C=C\N=C(/C)Sc1c(N)cc(C(=C)OC)cc1S/N=C/NC. The van der Waals surface area contributed by atoms with Gasteiger partial charge in [0.15, 0.2) is 0 Å². The van der Waals surface area contributed by atoms with E-state index in [-0.39, 0.29) is 0 Å². The van der Waals surface area contributed by atoms with E-state index in [0.717, 1.165) is 20.4 Å². The first-order chi connectivity index (χ1) is 11.5. The number of nitrogen functional groups attached to an aromatic ring is 1. The van der Waals surface area contributed by atoms with Crippen LogP contribution in [0.1, 0.15) is 12.5 Å². The molecule has 0 fully saturated rings. The summed E-state index contributed by atoms with van der Waals surface area (Å²) in [5.41, 5.74) is 7.68. The Balaban J connectivity index is 3.22. The molecule has 24 heavy (non-hydrogen) atoms. The van der Waals surface area contributed by atoms with Crippen LogP contribution in [0.4, 0.5) is 5.69 Å². The molecule has 0 aliphatic carbocycles. The van der Waals surface area contributed by atoms with Crippen molar-refractivity contribution in [1.29, 1.82) is 0 Å². The quantitative estimate of drug-likeness (QED) is 0.137. The topological polar surface area (TPSA) is 72.0 Å². The van der Waals surface area contributed by atoms with Crippen LogP contribution in [0.5, 0.6) is 0 Å². The van der Waals surface area contributed by atoms with Crippen LogP contribution in [0.3, 0.4) is 0 Å². The number of allylic oxidation sites excluding steroid dienone is 2. The maximum absolute atomic E-state index is 6.23. The Morgan fingerprint density at radius 1 is 1.42 bits per heavy atom. The highest BCUT2D eigenvalue weighted by Crippen LogP contribution is 2.39. The van der Waals surface area contributed by atoms with Crippen LogP contribution in [-0.4, -0.2) is 25.5 Å². The zero-order valence-corrected chi connectivity index (χ0v) is 15.7. The Kier molecular flexibility index (Phi) is 8.81. The highest BCUT2D eigenvalue weighted by Gasteiger charge is 2.13. The van der Waals surface area contributed by atoms with Gasteiger partial charge in [0, 0.05) is 41.3 Å². The van der Waals surface area contributed by atoms with Crippen molar-refractivity contribution < 1.29 is 4.74 Å². The van der Waals surface area contributed by atoms with Crippen LogP contribution in [0.2, 0.25) is 0 Å². The summed E-state index contributed by atoms with van der Waals surface area (Å²) < 4.78 is 9.44. The molecule has 0 aromatic heterocycles. The maximum Gasteiger partial charge on any atom is 0.119 e. The molecule has 3 N–H and O–H groups in total. The Labute approximate surface area is 152 Å². The van der Waals surface area contributed by atoms with Crippen LogP contribution in [0, 0.1) is 0 Å². The first-order valence-electron chi connectivity index (χ1n) is 7.06. The molecule has 0 amide bonds. The van der Waals surface area contributed by atoms with E-state index in [9.17, 15) is 0 Å². The number of hydrogen-bond donors (Lipinski definition) is 2. The smallest absolute Gasteiger partial charge is 0.119 e. The lowest BCUT2D eigenvalue weighted by molar-refractivity contribution is 0.371. The van der Waals surface area contributed by atoms with Crippen molar-refractivity contribution in [3.05, 3.63) is 49.2 Å². The third-order valence-electron chi connectivity index (χ3n) is 2.71. The molecule has 128 valence electrons. The minimum absolute atomic E-state index is 0.553. The minimum Gasteiger partial charge on any atom is -0.497 e. The Morgan fingerprint density at radius 3 is 2.79 bits per heavy atom. The molecule has 1 aromatic carbocycles. The number of aliphatic imine (C=N–C) groups is 1. The van der Waals surface area contributed by atoms with Gasteiger partial charge < -0.3 is 15.8 Å². The number of rotatable bonds is 8. The second kappa shape index (κ2) is 10.6. The van der Waals surface area contributed by atoms with Crippen molar-refractivity contribution in [2.45, 2.75) is 16.7 Å². The van der Waals surface area contributed by atoms with E-state index in [1.807, 2.05) is 19.1 Å². The van der Waals surface area contributed by atoms with Crippen LogP contribution < -0.4 is 11.1 Å². The molecule has 0 spiro atoms. The summed E-state index contributed by atoms with van der Waals surface area (Å²) >= 11 is 2.81. The van der Waals surface area contributed by atoms with Gasteiger partial charge in [-0.05, 0) is 25.1 Å². The van der Waals surface area contributed by atoms with Gasteiger partial charge in [-0.2, -0.15) is 0 Å². The summed E-state index contributed by atoms with van der Waals surface area (Å²) in [4.78, 5) is 6.13. The van der Waals surface area contributed by atoms with Crippen LogP contribution in [0.25, 0.3) is 5.76 Å². The van der Waals surface area contributed by atoms with Gasteiger partial charge in [0.1, 0.15) is 5.76 Å². The van der Waals surface area contributed by atoms with E-state index in [2.05, 4.69) is 27.9 Å². The average molecular weight is 363 g/mol. The Bertz CT molecular complexity index is 681. The second-order valence-corrected chi connectivity index (χ2v) is 6.50. The number of thioether (sulfide) groups is 1. The number of nitrogens with one attached hydrogen (secondary N) is 1. The molecule has 0 saturated heterocycles. The molecule has 5 nitrogen and oxygen atoms in total. The van der Waals surface area contributed by atoms with E-state index < -0.39 is 0 Å². The lowest BCUT2D eigenvalue weighted by atomic mass is 10.2. The van der Waals surface area contributed by atoms with Gasteiger partial charge in [0.25, 0.3) is 0 Å². The van der Waals surface area contributed by atoms with Gasteiger partial charge in [-0.3, -0.25) is 4.99 Å². The van der Waals surface area contributed by atoms with E-state index in [1.54, 1.807) is 38.8 Å². The molecule has 0 unspecified atom stereocenters. The standard InChI is InChI=1S/C17H22N4OS2/c1-6-7-8-20-13(3)23-17-15(18)9-14(12(2)22-5)10-16(17)24-21-11-19-4/h6-11H,1-2,18H2,3-5H3,(H,19,21)/b8-7-,20-13+. The molecular weight excluding hydrogens is 340 g/mol. The normalized spacial score (nSPS) is 11.9. The fraction of sp³-hybridized carbons (Fsp3) is 0.176. The van der Waals surface area contributed by atoms with Gasteiger partial charge in [-0.1, -0.05) is 31.0 Å². The predicted octanol–water partition coefficient (Wildman–Crippen LogP) is 4.35. The molecule has 7 heteroatoms. The lowest BCUT2D eigenvalue weighted by Gasteiger charge is -2.13. The van der Waals surface area contributed by atoms with Crippen molar-refractivity contribution in [3.63, 3.8) is 0 Å². The van der Waals surface area contributed by atoms with Crippen molar-refractivity contribution in [2.75, 3.05) is 19.9 Å². The van der Waals surface area contributed by atoms with Crippen molar-refractivity contribution >= 4 is 46.5 Å². The highest BCUT2D eigenvalue weighted by molar-refractivity contribution is 8.14. The minimum atomic E-state index is 0.553. The number of nitrogens with zero attached hydrogens (tertiary/aromatic N) is 2. The highest BCUT2D eigenvalue weighted by atomic mass is 32.2. The Morgan fingerprint density at radius 2 is 2.17 bits per heavy atom. The summed E-state index contributed by atoms with van der Waals surface area (Å²) in [6.07, 6.45) is 6.75. The monoisotopic (exact) mass is 362 g/mol. The van der Waals surface area contributed by atoms with E-state index in [4.69, 9.17) is 10.5 Å². The number of benzene rings is 1. The van der Waals surface area contributed by atoms with Gasteiger partial charge >= 0.3 is 0 Å². The summed E-state index contributed by atoms with van der Waals surface area (Å²) in [5.74, 6) is 0.553. The number of hydrogen-bond acceptors (Lipinski definition) is 6. The molecule has 0 atom stereocenters. The molecule has 0 saturated carbocycles. The number of nitrogens with two attached hydrogens (primary N) is 1. The van der Waals surface area contributed by atoms with Crippen molar-refractivity contribution in [3.8, 4) is 0 Å². The summed E-state index contributed by atoms with van der Waals surface area (Å²) in [7, 11) is 3.37. The predicted molar refractivity (Wildman–Crippen MR) is 109 cm³/mol. The third-order valence-corrected chi connectivity index (χ3v) is 4.63. The third kappa shape index (κ3) is 6.17. The van der Waals surface area contributed by atoms with E-state index in [0.29, 0.717) is 11.4 Å². The summed E-state index contributed by atoms with van der Waals surface area (Å²) in [6.45, 7) is 9.41. The molecule has 0 radical (unpaired) electrons. The van der Waals surface area contributed by atoms with E-state index >= 15 is 0 Å². The molecule has 1 aromatic rings. The first kappa shape index (κ1) is 19.9. The number of ether oxygens (including phenoxy) is 1. The number of anilines is 1. The average Bonchev–Trinajstić information content (AvgIpc) is 2.57. The van der Waals surface area contributed by atoms with Crippen molar-refractivity contribution in [1.82, 2.24) is 5.32 Å². The lowest BCUT2D eigenvalue weighted by Crippen LogP contribution is -2.00. The van der Waals surface area contributed by atoms with Crippen molar-refractivity contribution in [2.24, 2.45) is 9.39 Å². The summed E-state index contributed by atoms with van der Waals surface area (Å²) in [6, 6.07) is 3.79. The molecule has 0 bridgehead atoms. The number of methoxy groups -OCH3 is 1. The second-order valence-electron chi connectivity index (χ2n) is 4.46. The van der Waals surface area contributed by atoms with Crippen LogP contribution >= 0.6 is 23.7 Å². The maximum atomic E-state index is 6.23. The Hall–Kier alpha value is -2.12. The van der Waals surface area contributed by atoms with E-state index in [1.165, 1.54) is 23.7 Å². The molecular formula is C17H22N4OS2. The zero-order chi connectivity index (χ0) is 17.9. The molecule has 0 heterocycles. The van der Waals surface area contributed by atoms with Gasteiger partial charge in [-0.15, -0.1) is 0 Å². The molecule has 0 aliphatic heterocycles. The zero-order valence-electron chi connectivity index (χ0n) is 14.1. The van der Waals surface area contributed by atoms with Gasteiger partial charge in [-0.25, -0.2) is 4.40 Å². The van der Waals surface area contributed by atoms with Gasteiger partial charge in [0.2, 0.25) is 0 Å². The van der Waals surface area contributed by atoms with Gasteiger partial charge in [0.05, 0.1) is 23.4 Å². The largest absolute Gasteiger partial charge is 0.497 e. The molecule has 1 rings (SSSR count). The molecule has 0 aliphatic rings. The van der Waals surface area contributed by atoms with Crippen LogP contribution in [-0.2, 0) is 4.74 Å².